The summed E-state index contributed by atoms with van der Waals surface area (Å²) in [6, 6.07) is 10.3. The first-order valence-electron chi connectivity index (χ1n) is 8.28. The summed E-state index contributed by atoms with van der Waals surface area (Å²) in [5.41, 5.74) is 6.90. The van der Waals surface area contributed by atoms with Crippen LogP contribution in [-0.2, 0) is 16.0 Å². The number of rotatable bonds is 7. The molecule has 0 radical (unpaired) electrons. The molecular formula is C18H29ClN2O2. The van der Waals surface area contributed by atoms with E-state index in [1.165, 1.54) is 5.56 Å². The number of halogens is 1. The Morgan fingerprint density at radius 2 is 2.00 bits per heavy atom. The summed E-state index contributed by atoms with van der Waals surface area (Å²) in [7, 11) is 0. The Labute approximate surface area is 145 Å². The van der Waals surface area contributed by atoms with Gasteiger partial charge in [0.25, 0.3) is 5.91 Å². The molecule has 0 unspecified atom stereocenters. The minimum atomic E-state index is -0.303. The van der Waals surface area contributed by atoms with Gasteiger partial charge >= 0.3 is 0 Å². The molecule has 0 spiro atoms. The molecule has 5 heteroatoms. The molecule has 1 saturated heterocycles. The van der Waals surface area contributed by atoms with Crippen molar-refractivity contribution in [1.82, 2.24) is 4.90 Å². The van der Waals surface area contributed by atoms with Gasteiger partial charge in [-0.05, 0) is 30.7 Å². The summed E-state index contributed by atoms with van der Waals surface area (Å²) in [6.07, 6.45) is 2.31. The predicted molar refractivity (Wildman–Crippen MR) is 95.8 cm³/mol. The van der Waals surface area contributed by atoms with Gasteiger partial charge in [-0.1, -0.05) is 44.2 Å². The van der Waals surface area contributed by atoms with Crippen molar-refractivity contribution in [2.45, 2.75) is 45.3 Å². The average Bonchev–Trinajstić information content (AvgIpc) is 3.00. The molecule has 2 atom stereocenters. The summed E-state index contributed by atoms with van der Waals surface area (Å²) < 4.78 is 5.77. The van der Waals surface area contributed by atoms with Gasteiger partial charge < -0.3 is 15.4 Å². The molecule has 1 amide bonds. The van der Waals surface area contributed by atoms with Crippen LogP contribution in [0.4, 0.5) is 0 Å². The van der Waals surface area contributed by atoms with Gasteiger partial charge in [0.05, 0.1) is 6.10 Å². The molecule has 1 fully saturated rings. The Hall–Kier alpha value is -1.10. The maximum absolute atomic E-state index is 12.7. The zero-order chi connectivity index (χ0) is 15.9. The molecule has 0 bridgehead atoms. The van der Waals surface area contributed by atoms with Gasteiger partial charge in [0, 0.05) is 19.6 Å². The molecule has 4 nitrogen and oxygen atoms in total. The van der Waals surface area contributed by atoms with Crippen LogP contribution in [-0.4, -0.2) is 42.6 Å². The maximum Gasteiger partial charge on any atom is 0.251 e. The molecule has 130 valence electrons. The Kier molecular flexibility index (Phi) is 8.59. The number of hydrogen-bond donors (Lipinski definition) is 1. The molecule has 2 rings (SSSR count). The number of amides is 1. The average molecular weight is 341 g/mol. The third-order valence-electron chi connectivity index (χ3n) is 4.06. The van der Waals surface area contributed by atoms with E-state index in [4.69, 9.17) is 10.5 Å². The van der Waals surface area contributed by atoms with E-state index in [1.807, 2.05) is 23.1 Å². The highest BCUT2D eigenvalue weighted by atomic mass is 35.5. The maximum atomic E-state index is 12.7. The van der Waals surface area contributed by atoms with E-state index < -0.39 is 0 Å². The first-order chi connectivity index (χ1) is 10.6. The topological polar surface area (TPSA) is 55.6 Å². The zero-order valence-electron chi connectivity index (χ0n) is 14.1. The second kappa shape index (κ2) is 9.91. The molecular weight excluding hydrogens is 312 g/mol. The van der Waals surface area contributed by atoms with Crippen LogP contribution in [0.15, 0.2) is 30.3 Å². The second-order valence-electron chi connectivity index (χ2n) is 6.47. The van der Waals surface area contributed by atoms with Gasteiger partial charge in [0.15, 0.2) is 0 Å². The normalized spacial score (nSPS) is 20.3. The molecule has 1 aliphatic rings. The quantitative estimate of drug-likeness (QED) is 0.830. The van der Waals surface area contributed by atoms with Crippen molar-refractivity contribution in [3.05, 3.63) is 35.9 Å². The number of benzene rings is 1. The Morgan fingerprint density at radius 1 is 1.30 bits per heavy atom. The molecule has 1 aromatic carbocycles. The number of carbonyl (C=O) groups excluding carboxylic acids is 1. The number of carbonyl (C=O) groups is 1. The summed E-state index contributed by atoms with van der Waals surface area (Å²) in [6.45, 7) is 6.30. The standard InChI is InChI=1S/C18H28N2O2.ClH/c1-14(2)13-20(11-10-15-6-4-3-5-7-15)18(21)17-9-8-16(12-19)22-17;/h3-7,14,16-17H,8-13,19H2,1-2H3;1H/t16-,17+;/m1./s1. The summed E-state index contributed by atoms with van der Waals surface area (Å²) >= 11 is 0. The lowest BCUT2D eigenvalue weighted by Gasteiger charge is -2.27. The lowest BCUT2D eigenvalue weighted by molar-refractivity contribution is -0.143. The van der Waals surface area contributed by atoms with Gasteiger partial charge in [-0.2, -0.15) is 0 Å². The molecule has 1 aromatic rings. The van der Waals surface area contributed by atoms with Crippen LogP contribution in [0.25, 0.3) is 0 Å². The molecule has 2 N–H and O–H groups in total. The Balaban J connectivity index is 0.00000264. The van der Waals surface area contributed by atoms with Crippen molar-refractivity contribution in [1.29, 1.82) is 0 Å². The van der Waals surface area contributed by atoms with E-state index in [0.29, 0.717) is 12.5 Å². The minimum Gasteiger partial charge on any atom is -0.364 e. The number of hydrogen-bond acceptors (Lipinski definition) is 3. The highest BCUT2D eigenvalue weighted by Crippen LogP contribution is 2.21. The summed E-state index contributed by atoms with van der Waals surface area (Å²) in [5.74, 6) is 0.576. The van der Waals surface area contributed by atoms with Crippen LogP contribution >= 0.6 is 12.4 Å². The van der Waals surface area contributed by atoms with Gasteiger partial charge in [-0.15, -0.1) is 12.4 Å². The van der Waals surface area contributed by atoms with E-state index >= 15 is 0 Å². The lowest BCUT2D eigenvalue weighted by Crippen LogP contribution is -2.42. The molecule has 1 heterocycles. The molecule has 0 aliphatic carbocycles. The summed E-state index contributed by atoms with van der Waals surface area (Å²) in [5, 5.41) is 0. The fourth-order valence-electron chi connectivity index (χ4n) is 2.91. The van der Waals surface area contributed by atoms with Crippen LogP contribution in [0.2, 0.25) is 0 Å². The highest BCUT2D eigenvalue weighted by Gasteiger charge is 2.32. The largest absolute Gasteiger partial charge is 0.364 e. The third kappa shape index (κ3) is 6.13. The molecule has 0 aromatic heterocycles. The van der Waals surface area contributed by atoms with Crippen LogP contribution in [0.5, 0.6) is 0 Å². The van der Waals surface area contributed by atoms with Crippen molar-refractivity contribution in [3.8, 4) is 0 Å². The fraction of sp³-hybridized carbons (Fsp3) is 0.611. The third-order valence-corrected chi connectivity index (χ3v) is 4.06. The monoisotopic (exact) mass is 340 g/mol. The van der Waals surface area contributed by atoms with E-state index in [0.717, 1.165) is 32.4 Å². The van der Waals surface area contributed by atoms with Crippen molar-refractivity contribution in [2.75, 3.05) is 19.6 Å². The molecule has 0 saturated carbocycles. The molecule has 1 aliphatic heterocycles. The van der Waals surface area contributed by atoms with Gasteiger partial charge in [0.1, 0.15) is 6.10 Å². The van der Waals surface area contributed by atoms with E-state index in [9.17, 15) is 4.79 Å². The Bertz CT molecular complexity index is 467. The van der Waals surface area contributed by atoms with E-state index in [1.54, 1.807) is 0 Å². The SMILES string of the molecule is CC(C)CN(CCc1ccccc1)C(=O)[C@@H]1CC[C@H](CN)O1.Cl. The second-order valence-corrected chi connectivity index (χ2v) is 6.47. The summed E-state index contributed by atoms with van der Waals surface area (Å²) in [4.78, 5) is 14.7. The Morgan fingerprint density at radius 3 is 2.57 bits per heavy atom. The van der Waals surface area contributed by atoms with Crippen molar-refractivity contribution >= 4 is 18.3 Å². The van der Waals surface area contributed by atoms with Crippen LogP contribution < -0.4 is 5.73 Å². The van der Waals surface area contributed by atoms with Crippen molar-refractivity contribution in [3.63, 3.8) is 0 Å². The lowest BCUT2D eigenvalue weighted by atomic mass is 10.1. The number of nitrogens with two attached hydrogens (primary N) is 1. The first kappa shape index (κ1) is 19.9. The van der Waals surface area contributed by atoms with Crippen molar-refractivity contribution < 1.29 is 9.53 Å². The minimum absolute atomic E-state index is 0. The van der Waals surface area contributed by atoms with E-state index in [-0.39, 0.29) is 30.5 Å². The van der Waals surface area contributed by atoms with Crippen LogP contribution in [0, 0.1) is 5.92 Å². The predicted octanol–water partition coefficient (Wildman–Crippen LogP) is 2.64. The number of nitrogens with zero attached hydrogens (tertiary/aromatic N) is 1. The van der Waals surface area contributed by atoms with Gasteiger partial charge in [-0.3, -0.25) is 4.79 Å². The smallest absolute Gasteiger partial charge is 0.251 e. The number of ether oxygens (including phenoxy) is 1. The first-order valence-corrected chi connectivity index (χ1v) is 8.28. The van der Waals surface area contributed by atoms with Crippen LogP contribution in [0.1, 0.15) is 32.3 Å². The van der Waals surface area contributed by atoms with Crippen molar-refractivity contribution in [2.24, 2.45) is 11.7 Å². The van der Waals surface area contributed by atoms with Gasteiger partial charge in [0.2, 0.25) is 0 Å². The highest BCUT2D eigenvalue weighted by molar-refractivity contribution is 5.85. The van der Waals surface area contributed by atoms with Gasteiger partial charge in [-0.25, -0.2) is 0 Å². The fourth-order valence-corrected chi connectivity index (χ4v) is 2.91. The zero-order valence-corrected chi connectivity index (χ0v) is 14.9. The van der Waals surface area contributed by atoms with E-state index in [2.05, 4.69) is 26.0 Å². The molecule has 23 heavy (non-hydrogen) atoms. The van der Waals surface area contributed by atoms with Crippen LogP contribution in [0.3, 0.4) is 0 Å².